The summed E-state index contributed by atoms with van der Waals surface area (Å²) in [6, 6.07) is 7.67. The Morgan fingerprint density at radius 1 is 1.25 bits per heavy atom. The molecule has 0 saturated carbocycles. The van der Waals surface area contributed by atoms with Crippen LogP contribution in [0, 0.1) is 13.8 Å². The van der Waals surface area contributed by atoms with Crippen molar-refractivity contribution in [1.29, 1.82) is 0 Å². The van der Waals surface area contributed by atoms with Crippen molar-refractivity contribution in [3.05, 3.63) is 56.7 Å². The highest BCUT2D eigenvalue weighted by molar-refractivity contribution is 8.18. The number of carbonyl (C=O) groups is 3. The molecule has 1 aromatic carbocycles. The third-order valence-corrected chi connectivity index (χ3v) is 5.59. The van der Waals surface area contributed by atoms with Gasteiger partial charge in [0.1, 0.15) is 5.15 Å². The van der Waals surface area contributed by atoms with Gasteiger partial charge in [0, 0.05) is 20.1 Å². The molecular formula is C19H19ClN4O3S. The highest BCUT2D eigenvalue weighted by Crippen LogP contribution is 2.31. The fraction of sp³-hybridized carbons (Fsp3) is 0.263. The molecule has 1 fully saturated rings. The third-order valence-electron chi connectivity index (χ3n) is 4.25. The highest BCUT2D eigenvalue weighted by atomic mass is 35.5. The Balaban J connectivity index is 1.62. The van der Waals surface area contributed by atoms with Gasteiger partial charge in [0.25, 0.3) is 17.1 Å². The second kappa shape index (κ2) is 8.20. The zero-order valence-corrected chi connectivity index (χ0v) is 17.2. The van der Waals surface area contributed by atoms with Crippen molar-refractivity contribution in [2.75, 3.05) is 13.1 Å². The van der Waals surface area contributed by atoms with Crippen molar-refractivity contribution in [1.82, 2.24) is 20.0 Å². The van der Waals surface area contributed by atoms with E-state index in [-0.39, 0.29) is 35.0 Å². The van der Waals surface area contributed by atoms with Crippen LogP contribution in [0.15, 0.2) is 29.2 Å². The summed E-state index contributed by atoms with van der Waals surface area (Å²) in [5, 5.41) is 6.66. The topological polar surface area (TPSA) is 84.3 Å². The van der Waals surface area contributed by atoms with Gasteiger partial charge in [0.15, 0.2) is 0 Å². The molecule has 146 valence electrons. The zero-order valence-electron chi connectivity index (χ0n) is 15.7. The number of benzene rings is 1. The molecule has 0 radical (unpaired) electrons. The summed E-state index contributed by atoms with van der Waals surface area (Å²) in [5.74, 6) is -0.752. The maximum Gasteiger partial charge on any atom is 0.293 e. The molecule has 2 aromatic rings. The lowest BCUT2D eigenvalue weighted by molar-refractivity contribution is -0.122. The molecule has 0 bridgehead atoms. The predicted molar refractivity (Wildman–Crippen MR) is 109 cm³/mol. The molecule has 1 N–H and O–H groups in total. The summed E-state index contributed by atoms with van der Waals surface area (Å²) < 4.78 is 1.41. The van der Waals surface area contributed by atoms with Crippen LogP contribution in [0.1, 0.15) is 27.2 Å². The van der Waals surface area contributed by atoms with Crippen LogP contribution in [-0.4, -0.2) is 44.8 Å². The van der Waals surface area contributed by atoms with Crippen LogP contribution in [0.25, 0.3) is 6.08 Å². The first-order valence-electron chi connectivity index (χ1n) is 8.57. The summed E-state index contributed by atoms with van der Waals surface area (Å²) >= 11 is 6.97. The van der Waals surface area contributed by atoms with Crippen LogP contribution < -0.4 is 5.32 Å². The van der Waals surface area contributed by atoms with Gasteiger partial charge >= 0.3 is 0 Å². The Hall–Kier alpha value is -2.58. The smallest absolute Gasteiger partial charge is 0.293 e. The molecule has 28 heavy (non-hydrogen) atoms. The van der Waals surface area contributed by atoms with E-state index < -0.39 is 5.91 Å². The highest BCUT2D eigenvalue weighted by Gasteiger charge is 2.34. The summed E-state index contributed by atoms with van der Waals surface area (Å²) in [7, 11) is 1.65. The first kappa shape index (κ1) is 20.2. The minimum atomic E-state index is -0.391. The summed E-state index contributed by atoms with van der Waals surface area (Å²) in [5.41, 5.74) is 2.77. The van der Waals surface area contributed by atoms with Gasteiger partial charge < -0.3 is 5.32 Å². The van der Waals surface area contributed by atoms with Gasteiger partial charge in [-0.05, 0) is 37.2 Å². The molecule has 0 aliphatic carbocycles. The maximum absolute atomic E-state index is 12.5. The third kappa shape index (κ3) is 4.13. The number of aryl methyl sites for hydroxylation is 3. The molecule has 1 aliphatic heterocycles. The van der Waals surface area contributed by atoms with Crippen LogP contribution in [0.4, 0.5) is 4.79 Å². The lowest BCUT2D eigenvalue weighted by atomic mass is 10.1. The second-order valence-corrected chi connectivity index (χ2v) is 7.73. The number of carbonyl (C=O) groups excluding carboxylic acids is 3. The molecule has 0 atom stereocenters. The Labute approximate surface area is 171 Å². The van der Waals surface area contributed by atoms with Crippen molar-refractivity contribution in [2.45, 2.75) is 13.8 Å². The Morgan fingerprint density at radius 2 is 1.93 bits per heavy atom. The number of nitrogens with zero attached hydrogens (tertiary/aromatic N) is 3. The van der Waals surface area contributed by atoms with E-state index in [2.05, 4.69) is 10.4 Å². The fourth-order valence-corrected chi connectivity index (χ4v) is 3.89. The maximum atomic E-state index is 12.5. The van der Waals surface area contributed by atoms with E-state index in [1.54, 1.807) is 20.0 Å². The molecule has 1 aliphatic rings. The number of rotatable bonds is 5. The number of imide groups is 1. The molecule has 1 saturated heterocycles. The summed E-state index contributed by atoms with van der Waals surface area (Å²) in [6.45, 7) is 3.87. The molecule has 3 rings (SSSR count). The van der Waals surface area contributed by atoms with Crippen LogP contribution >= 0.6 is 23.4 Å². The lowest BCUT2D eigenvalue weighted by Gasteiger charge is -2.13. The molecule has 7 nitrogen and oxygen atoms in total. The van der Waals surface area contributed by atoms with Crippen LogP contribution in [0.5, 0.6) is 0 Å². The van der Waals surface area contributed by atoms with Gasteiger partial charge in [0.2, 0.25) is 0 Å². The van der Waals surface area contributed by atoms with Crippen molar-refractivity contribution < 1.29 is 14.4 Å². The van der Waals surface area contributed by atoms with Crippen molar-refractivity contribution in [3.8, 4) is 0 Å². The fourth-order valence-electron chi connectivity index (χ4n) is 2.76. The average molecular weight is 419 g/mol. The van der Waals surface area contributed by atoms with Gasteiger partial charge in [-0.1, -0.05) is 41.4 Å². The minimum Gasteiger partial charge on any atom is -0.350 e. The zero-order chi connectivity index (χ0) is 20.4. The van der Waals surface area contributed by atoms with Crippen LogP contribution in [-0.2, 0) is 11.8 Å². The van der Waals surface area contributed by atoms with E-state index in [1.165, 1.54) is 4.68 Å². The Morgan fingerprint density at radius 3 is 2.54 bits per heavy atom. The number of aromatic nitrogens is 2. The molecule has 3 amide bonds. The largest absolute Gasteiger partial charge is 0.350 e. The Bertz CT molecular complexity index is 982. The van der Waals surface area contributed by atoms with Gasteiger partial charge in [-0.15, -0.1) is 0 Å². The summed E-state index contributed by atoms with van der Waals surface area (Å²) in [4.78, 5) is 38.5. The standard InChI is InChI=1S/C19H19ClN4O3S/c1-11-4-6-13(7-5-11)10-14-18(26)24(19(27)28-14)9-8-21-17(25)15-12(2)22-23(3)16(15)20/h4-7,10H,8-9H2,1-3H3,(H,21,25)/b14-10-. The first-order valence-corrected chi connectivity index (χ1v) is 9.76. The first-order chi connectivity index (χ1) is 13.3. The van der Waals surface area contributed by atoms with Crippen LogP contribution in [0.2, 0.25) is 5.15 Å². The number of hydrogen-bond donors (Lipinski definition) is 1. The Kier molecular flexibility index (Phi) is 5.90. The van der Waals surface area contributed by atoms with E-state index in [0.29, 0.717) is 10.6 Å². The van der Waals surface area contributed by atoms with Gasteiger partial charge in [-0.3, -0.25) is 24.0 Å². The molecule has 1 aromatic heterocycles. The van der Waals surface area contributed by atoms with Crippen LogP contribution in [0.3, 0.4) is 0 Å². The van der Waals surface area contributed by atoms with Gasteiger partial charge in [-0.25, -0.2) is 0 Å². The second-order valence-electron chi connectivity index (χ2n) is 6.37. The number of halogens is 1. The lowest BCUT2D eigenvalue weighted by Crippen LogP contribution is -2.37. The number of amides is 3. The average Bonchev–Trinajstić information content (AvgIpc) is 3.05. The normalized spacial score (nSPS) is 15.6. The minimum absolute atomic E-state index is 0.0819. The number of nitrogens with one attached hydrogen (secondary N) is 1. The monoisotopic (exact) mass is 418 g/mol. The van der Waals surface area contributed by atoms with Gasteiger partial charge in [0.05, 0.1) is 16.2 Å². The van der Waals surface area contributed by atoms with E-state index in [4.69, 9.17) is 11.6 Å². The quantitative estimate of drug-likeness (QED) is 0.754. The summed E-state index contributed by atoms with van der Waals surface area (Å²) in [6.07, 6.45) is 1.70. The SMILES string of the molecule is Cc1ccc(/C=C2\SC(=O)N(CCNC(=O)c3c(C)nn(C)c3Cl)C2=O)cc1. The number of hydrogen-bond acceptors (Lipinski definition) is 5. The van der Waals surface area contributed by atoms with E-state index in [0.717, 1.165) is 27.8 Å². The van der Waals surface area contributed by atoms with Crippen molar-refractivity contribution in [3.63, 3.8) is 0 Å². The molecule has 9 heteroatoms. The molecular weight excluding hydrogens is 400 g/mol. The molecule has 0 unspecified atom stereocenters. The van der Waals surface area contributed by atoms with E-state index in [1.807, 2.05) is 31.2 Å². The van der Waals surface area contributed by atoms with Crippen molar-refractivity contribution >= 4 is 46.5 Å². The number of thioether (sulfide) groups is 1. The van der Waals surface area contributed by atoms with E-state index >= 15 is 0 Å². The molecule has 0 spiro atoms. The van der Waals surface area contributed by atoms with E-state index in [9.17, 15) is 14.4 Å². The predicted octanol–water partition coefficient (Wildman–Crippen LogP) is 3.16. The molecule has 2 heterocycles. The van der Waals surface area contributed by atoms with Crippen molar-refractivity contribution in [2.24, 2.45) is 7.05 Å². The van der Waals surface area contributed by atoms with Gasteiger partial charge in [-0.2, -0.15) is 5.10 Å².